The molecule has 12 heteroatoms. The highest BCUT2D eigenvalue weighted by molar-refractivity contribution is 7.07. The Kier molecular flexibility index (Phi) is 8.78. The van der Waals surface area contributed by atoms with Crippen molar-refractivity contribution in [1.29, 1.82) is 0 Å². The lowest BCUT2D eigenvalue weighted by Crippen LogP contribution is -2.40. The zero-order valence-corrected chi connectivity index (χ0v) is 26.8. The number of hydrogen-bond acceptors (Lipinski definition) is 10. The van der Waals surface area contributed by atoms with Crippen LogP contribution < -0.4 is 24.4 Å². The maximum atomic E-state index is 14.0. The van der Waals surface area contributed by atoms with Gasteiger partial charge in [-0.2, -0.15) is 0 Å². The Morgan fingerprint density at radius 3 is 2.58 bits per heavy atom. The fourth-order valence-electron chi connectivity index (χ4n) is 5.20. The molecule has 0 aliphatic carbocycles. The van der Waals surface area contributed by atoms with E-state index in [1.54, 1.807) is 64.1 Å². The predicted molar refractivity (Wildman–Crippen MR) is 169 cm³/mol. The minimum Gasteiger partial charge on any atom is -0.493 e. The number of benzene rings is 2. The first-order valence-electron chi connectivity index (χ1n) is 14.3. The summed E-state index contributed by atoms with van der Waals surface area (Å²) in [4.78, 5) is 43.4. The number of fused-ring (bicyclic) bond motifs is 1. The molecule has 1 aliphatic heterocycles. The summed E-state index contributed by atoms with van der Waals surface area (Å²) in [6.45, 7) is 10.9. The van der Waals surface area contributed by atoms with Gasteiger partial charge in [0.25, 0.3) is 11.2 Å². The molecule has 1 aliphatic rings. The van der Waals surface area contributed by atoms with Crippen molar-refractivity contribution in [3.05, 3.63) is 106 Å². The van der Waals surface area contributed by atoms with Crippen LogP contribution in [0.15, 0.2) is 67.9 Å². The molecule has 1 atom stereocenters. The Morgan fingerprint density at radius 2 is 1.91 bits per heavy atom. The maximum absolute atomic E-state index is 14.0. The maximum Gasteiger partial charge on any atom is 0.338 e. The first-order valence-corrected chi connectivity index (χ1v) is 15.1. The van der Waals surface area contributed by atoms with E-state index in [1.807, 2.05) is 19.9 Å². The summed E-state index contributed by atoms with van der Waals surface area (Å²) in [6.07, 6.45) is 1.51. The van der Waals surface area contributed by atoms with Crippen LogP contribution in [0.2, 0.25) is 0 Å². The largest absolute Gasteiger partial charge is 0.493 e. The smallest absolute Gasteiger partial charge is 0.338 e. The van der Waals surface area contributed by atoms with Crippen molar-refractivity contribution in [1.82, 2.24) is 4.57 Å². The number of thiazole rings is 1. The van der Waals surface area contributed by atoms with Crippen molar-refractivity contribution < 1.29 is 28.3 Å². The summed E-state index contributed by atoms with van der Waals surface area (Å²) in [6, 6.07) is 11.2. The number of aryl methyl sites for hydroxylation is 1. The van der Waals surface area contributed by atoms with Crippen LogP contribution in [0.5, 0.6) is 11.5 Å². The SMILES string of the molecule is CCOC(=O)C1=C(C)N=c2s/c(=C/c3ccc(-c4cc(C)c(C)c([N+](=O)[O-])c4)o3)c(=O)n2[C@@H]1c1ccc(OC(C)C)c(OC)c1. The minimum absolute atomic E-state index is 0.00413. The molecule has 2 aromatic carbocycles. The van der Waals surface area contributed by atoms with Gasteiger partial charge in [0.05, 0.1) is 46.6 Å². The van der Waals surface area contributed by atoms with E-state index >= 15 is 0 Å². The van der Waals surface area contributed by atoms with Crippen molar-refractivity contribution in [3.8, 4) is 22.8 Å². The lowest BCUT2D eigenvalue weighted by Gasteiger charge is -2.25. The van der Waals surface area contributed by atoms with Crippen LogP contribution in [0, 0.1) is 24.0 Å². The van der Waals surface area contributed by atoms with Crippen LogP contribution >= 0.6 is 11.3 Å². The van der Waals surface area contributed by atoms with Gasteiger partial charge in [-0.15, -0.1) is 0 Å². The molecule has 2 aromatic heterocycles. The number of nitro benzene ring substituents is 1. The van der Waals surface area contributed by atoms with Crippen LogP contribution in [-0.2, 0) is 9.53 Å². The third kappa shape index (κ3) is 6.05. The summed E-state index contributed by atoms with van der Waals surface area (Å²) in [5, 5.41) is 11.6. The van der Waals surface area contributed by atoms with E-state index in [9.17, 15) is 19.7 Å². The van der Waals surface area contributed by atoms with Crippen molar-refractivity contribution in [2.75, 3.05) is 13.7 Å². The van der Waals surface area contributed by atoms with Gasteiger partial charge in [0, 0.05) is 23.3 Å². The van der Waals surface area contributed by atoms with Gasteiger partial charge in [0.2, 0.25) is 0 Å². The lowest BCUT2D eigenvalue weighted by atomic mass is 9.95. The van der Waals surface area contributed by atoms with Crippen LogP contribution in [0.3, 0.4) is 0 Å². The highest BCUT2D eigenvalue weighted by Crippen LogP contribution is 2.37. The first-order chi connectivity index (χ1) is 21.4. The van der Waals surface area contributed by atoms with Crippen molar-refractivity contribution in [2.24, 2.45) is 4.99 Å². The third-order valence-corrected chi connectivity index (χ3v) is 8.39. The Labute approximate surface area is 262 Å². The molecule has 0 N–H and O–H groups in total. The standard InChI is InChI=1S/C33H33N3O8S/c1-8-42-32(38)29-20(6)34-33-35(30(29)21-9-11-26(43-17(2)3)27(15-21)41-7)31(37)28(45-33)16-23-10-12-25(44-23)22-13-18(4)19(5)24(14-22)36(39)40/h9-17,30H,8H2,1-7H3/b28-16+/t30-/m1/s1. The number of ether oxygens (including phenoxy) is 3. The topological polar surface area (TPSA) is 135 Å². The lowest BCUT2D eigenvalue weighted by molar-refractivity contribution is -0.385. The summed E-state index contributed by atoms with van der Waals surface area (Å²) in [5.41, 5.74) is 2.83. The van der Waals surface area contributed by atoms with E-state index in [0.717, 1.165) is 16.9 Å². The number of rotatable bonds is 9. The van der Waals surface area contributed by atoms with E-state index in [1.165, 1.54) is 17.7 Å². The normalized spacial score (nSPS) is 14.8. The highest BCUT2D eigenvalue weighted by atomic mass is 32.1. The second kappa shape index (κ2) is 12.6. The fourth-order valence-corrected chi connectivity index (χ4v) is 6.23. The molecular formula is C33H33N3O8S. The number of esters is 1. The Bertz CT molecular complexity index is 2030. The molecule has 0 saturated carbocycles. The molecule has 5 rings (SSSR count). The Hall–Kier alpha value is -4.97. The van der Waals surface area contributed by atoms with Crippen molar-refractivity contribution >= 4 is 29.1 Å². The molecule has 0 saturated heterocycles. The number of allylic oxidation sites excluding steroid dienone is 1. The Morgan fingerprint density at radius 1 is 1.16 bits per heavy atom. The van der Waals surface area contributed by atoms with Crippen molar-refractivity contribution in [3.63, 3.8) is 0 Å². The van der Waals surface area contributed by atoms with E-state index in [2.05, 4.69) is 4.99 Å². The number of carbonyl (C=O) groups is 1. The summed E-state index contributed by atoms with van der Waals surface area (Å²) < 4.78 is 24.7. The number of aromatic nitrogens is 1. The number of carbonyl (C=O) groups excluding carboxylic acids is 1. The van der Waals surface area contributed by atoms with Gasteiger partial charge in [-0.25, -0.2) is 9.79 Å². The molecular weight excluding hydrogens is 598 g/mol. The van der Waals surface area contributed by atoms with Gasteiger partial charge in [0.1, 0.15) is 11.5 Å². The summed E-state index contributed by atoms with van der Waals surface area (Å²) in [5.74, 6) is 1.22. The van der Waals surface area contributed by atoms with Crippen LogP contribution in [0.4, 0.5) is 5.69 Å². The average molecular weight is 632 g/mol. The molecule has 0 bridgehead atoms. The molecule has 0 fully saturated rings. The van der Waals surface area contributed by atoms with Gasteiger partial charge in [0.15, 0.2) is 16.3 Å². The number of nitrogens with zero attached hydrogens (tertiary/aromatic N) is 3. The molecule has 11 nitrogen and oxygen atoms in total. The molecule has 4 aromatic rings. The molecule has 234 valence electrons. The Balaban J connectivity index is 1.63. The molecule has 0 unspecified atom stereocenters. The molecule has 0 radical (unpaired) electrons. The summed E-state index contributed by atoms with van der Waals surface area (Å²) >= 11 is 1.16. The highest BCUT2D eigenvalue weighted by Gasteiger charge is 2.34. The van der Waals surface area contributed by atoms with Crippen LogP contribution in [0.1, 0.15) is 56.2 Å². The average Bonchev–Trinajstić information content (AvgIpc) is 3.57. The second-order valence-corrected chi connectivity index (χ2v) is 11.8. The number of furan rings is 1. The number of nitro groups is 1. The van der Waals surface area contributed by atoms with E-state index in [-0.39, 0.29) is 29.5 Å². The third-order valence-electron chi connectivity index (χ3n) is 7.40. The first kappa shape index (κ1) is 31.5. The number of hydrogen-bond donors (Lipinski definition) is 0. The predicted octanol–water partition coefficient (Wildman–Crippen LogP) is 5.38. The van der Waals surface area contributed by atoms with E-state index in [4.69, 9.17) is 18.6 Å². The van der Waals surface area contributed by atoms with Gasteiger partial charge in [-0.3, -0.25) is 19.5 Å². The monoisotopic (exact) mass is 631 g/mol. The zero-order valence-electron chi connectivity index (χ0n) is 26.0. The van der Waals surface area contributed by atoms with Gasteiger partial charge >= 0.3 is 5.97 Å². The zero-order chi connectivity index (χ0) is 32.6. The molecule has 0 amide bonds. The van der Waals surface area contributed by atoms with E-state index in [0.29, 0.717) is 54.7 Å². The van der Waals surface area contributed by atoms with Gasteiger partial charge in [-0.1, -0.05) is 17.4 Å². The van der Waals surface area contributed by atoms with E-state index < -0.39 is 16.9 Å². The molecule has 0 spiro atoms. The van der Waals surface area contributed by atoms with Crippen molar-refractivity contribution in [2.45, 2.75) is 53.7 Å². The second-order valence-electron chi connectivity index (χ2n) is 10.8. The number of methoxy groups -OCH3 is 1. The van der Waals surface area contributed by atoms with Gasteiger partial charge in [-0.05, 0) is 83.0 Å². The minimum atomic E-state index is -0.840. The quantitative estimate of drug-likeness (QED) is 0.137. The molecule has 3 heterocycles. The fraction of sp³-hybridized carbons (Fsp3) is 0.303. The summed E-state index contributed by atoms with van der Waals surface area (Å²) in [7, 11) is 1.53. The van der Waals surface area contributed by atoms with Crippen LogP contribution in [0.25, 0.3) is 17.4 Å². The van der Waals surface area contributed by atoms with Crippen LogP contribution in [-0.4, -0.2) is 35.3 Å². The molecule has 45 heavy (non-hydrogen) atoms. The van der Waals surface area contributed by atoms with Gasteiger partial charge < -0.3 is 18.6 Å².